The molecule has 0 radical (unpaired) electrons. The van der Waals surface area contributed by atoms with Gasteiger partial charge in [0.2, 0.25) is 0 Å². The van der Waals surface area contributed by atoms with E-state index in [-0.39, 0.29) is 18.1 Å². The smallest absolute Gasteiger partial charge is 0.171 e. The second kappa shape index (κ2) is 6.80. The van der Waals surface area contributed by atoms with Crippen LogP contribution in [0.5, 0.6) is 0 Å². The van der Waals surface area contributed by atoms with Crippen molar-refractivity contribution in [2.24, 2.45) is 17.9 Å². The number of hydrazine groups is 1. The topological polar surface area (TPSA) is 68.2 Å². The summed E-state index contributed by atoms with van der Waals surface area (Å²) in [6.07, 6.45) is 7.21. The third-order valence-electron chi connectivity index (χ3n) is 2.24. The zero-order valence-electron chi connectivity index (χ0n) is 10.2. The van der Waals surface area contributed by atoms with Gasteiger partial charge in [0.25, 0.3) is 0 Å². The van der Waals surface area contributed by atoms with Crippen LogP contribution in [0.4, 0.5) is 4.39 Å². The monoisotopic (exact) mass is 239 g/mol. The molecule has 1 rings (SSSR count). The van der Waals surface area contributed by atoms with Gasteiger partial charge in [-0.05, 0) is 18.4 Å². The maximum atomic E-state index is 13.2. The molecule has 0 amide bonds. The Labute approximate surface area is 100 Å². The van der Waals surface area contributed by atoms with Crippen molar-refractivity contribution in [2.75, 3.05) is 0 Å². The van der Waals surface area contributed by atoms with E-state index in [2.05, 4.69) is 15.5 Å². The summed E-state index contributed by atoms with van der Waals surface area (Å²) < 4.78 is 14.9. The Kier molecular flexibility index (Phi) is 5.35. The highest BCUT2D eigenvalue weighted by Gasteiger charge is 2.00. The molecular weight excluding hydrogens is 221 g/mol. The summed E-state index contributed by atoms with van der Waals surface area (Å²) >= 11 is 0. The molecule has 17 heavy (non-hydrogen) atoms. The van der Waals surface area contributed by atoms with Gasteiger partial charge in [-0.1, -0.05) is 6.92 Å². The number of nitrogens with zero attached hydrogens (tertiary/aromatic N) is 3. The summed E-state index contributed by atoms with van der Waals surface area (Å²) in [6, 6.07) is 0. The van der Waals surface area contributed by atoms with Crippen LogP contribution in [0.2, 0.25) is 0 Å². The number of rotatable bonds is 6. The highest BCUT2D eigenvalue weighted by Crippen LogP contribution is 2.08. The van der Waals surface area contributed by atoms with Crippen molar-refractivity contribution in [2.45, 2.75) is 26.2 Å². The van der Waals surface area contributed by atoms with Crippen LogP contribution >= 0.6 is 0 Å². The number of aryl methyl sites for hydroxylation is 2. The largest absolute Gasteiger partial charge is 0.306 e. The first-order valence-corrected chi connectivity index (χ1v) is 5.52. The summed E-state index contributed by atoms with van der Waals surface area (Å²) in [5.41, 5.74) is 3.37. The van der Waals surface area contributed by atoms with Crippen LogP contribution in [0, 0.1) is 0 Å². The lowest BCUT2D eigenvalue weighted by Gasteiger charge is -2.01. The summed E-state index contributed by atoms with van der Waals surface area (Å²) in [4.78, 5) is 3.95. The molecule has 1 heterocycles. The van der Waals surface area contributed by atoms with Crippen molar-refractivity contribution in [3.63, 3.8) is 0 Å². The zero-order chi connectivity index (χ0) is 12.7. The first kappa shape index (κ1) is 13.4. The molecule has 1 aromatic heterocycles. The molecule has 0 unspecified atom stereocenters. The van der Waals surface area contributed by atoms with Crippen LogP contribution in [0.15, 0.2) is 29.0 Å². The van der Waals surface area contributed by atoms with Crippen LogP contribution < -0.4 is 11.3 Å². The predicted octanol–water partition coefficient (Wildman–Crippen LogP) is 1.44. The van der Waals surface area contributed by atoms with E-state index in [0.717, 1.165) is 12.0 Å². The van der Waals surface area contributed by atoms with Crippen molar-refractivity contribution in [3.8, 4) is 0 Å². The first-order valence-electron chi connectivity index (χ1n) is 5.52. The maximum absolute atomic E-state index is 13.2. The molecule has 0 bridgehead atoms. The van der Waals surface area contributed by atoms with Gasteiger partial charge in [0.05, 0.1) is 6.20 Å². The molecule has 0 spiro atoms. The molecule has 0 fully saturated rings. The highest BCUT2D eigenvalue weighted by atomic mass is 19.1. The molecule has 6 heteroatoms. The van der Waals surface area contributed by atoms with Crippen LogP contribution in [0.3, 0.4) is 0 Å². The van der Waals surface area contributed by atoms with Crippen molar-refractivity contribution in [3.05, 3.63) is 29.6 Å². The van der Waals surface area contributed by atoms with Crippen molar-refractivity contribution < 1.29 is 4.39 Å². The summed E-state index contributed by atoms with van der Waals surface area (Å²) in [7, 11) is 1.87. The Morgan fingerprint density at radius 2 is 2.47 bits per heavy atom. The fourth-order valence-corrected chi connectivity index (χ4v) is 1.34. The molecule has 1 aromatic rings. The first-order chi connectivity index (χ1) is 8.17. The van der Waals surface area contributed by atoms with E-state index >= 15 is 0 Å². The van der Waals surface area contributed by atoms with Gasteiger partial charge in [0.15, 0.2) is 5.82 Å². The van der Waals surface area contributed by atoms with Gasteiger partial charge in [-0.25, -0.2) is 15.2 Å². The minimum Gasteiger partial charge on any atom is -0.306 e. The molecular formula is C11H18FN5. The van der Waals surface area contributed by atoms with Crippen molar-refractivity contribution in [1.29, 1.82) is 0 Å². The van der Waals surface area contributed by atoms with Gasteiger partial charge >= 0.3 is 0 Å². The summed E-state index contributed by atoms with van der Waals surface area (Å²) in [5.74, 6) is 4.92. The fourth-order valence-electron chi connectivity index (χ4n) is 1.34. The number of nitrogens with one attached hydrogen (secondary N) is 1. The number of hydrogen-bond acceptors (Lipinski definition) is 4. The second-order valence-corrected chi connectivity index (χ2v) is 3.62. The van der Waals surface area contributed by atoms with Crippen molar-refractivity contribution >= 4 is 6.21 Å². The minimum atomic E-state index is -0.342. The van der Waals surface area contributed by atoms with E-state index in [1.165, 1.54) is 0 Å². The quantitative estimate of drug-likeness (QED) is 0.448. The van der Waals surface area contributed by atoms with E-state index in [1.807, 2.05) is 13.2 Å². The molecule has 3 N–H and O–H groups in total. The Bertz CT molecular complexity index is 408. The average molecular weight is 239 g/mol. The van der Waals surface area contributed by atoms with Gasteiger partial charge in [0, 0.05) is 25.9 Å². The summed E-state index contributed by atoms with van der Waals surface area (Å²) in [5, 5.41) is 4.06. The molecule has 94 valence electrons. The Morgan fingerprint density at radius 3 is 3.00 bits per heavy atom. The minimum absolute atomic E-state index is 0.0960. The summed E-state index contributed by atoms with van der Waals surface area (Å²) in [6.45, 7) is 1.71. The molecule has 0 aromatic carbocycles. The third kappa shape index (κ3) is 4.36. The normalized spacial score (nSPS) is 12.9. The number of halogens is 1. The Morgan fingerprint density at radius 1 is 1.71 bits per heavy atom. The van der Waals surface area contributed by atoms with Crippen LogP contribution in [-0.2, 0) is 13.5 Å². The van der Waals surface area contributed by atoms with Gasteiger partial charge in [-0.15, -0.1) is 0 Å². The number of aromatic nitrogens is 2. The van der Waals surface area contributed by atoms with E-state index in [0.29, 0.717) is 6.42 Å². The molecule has 0 aliphatic carbocycles. The highest BCUT2D eigenvalue weighted by molar-refractivity contribution is 5.59. The van der Waals surface area contributed by atoms with Gasteiger partial charge in [-0.3, -0.25) is 4.68 Å². The number of allylic oxidation sites excluding steroid dienone is 1. The SMILES string of the molecule is CC/C(F)=C(\N=CCCc1cnn(C)c1)NN. The van der Waals surface area contributed by atoms with Crippen LogP contribution in [-0.4, -0.2) is 16.0 Å². The van der Waals surface area contributed by atoms with Crippen LogP contribution in [0.25, 0.3) is 0 Å². The van der Waals surface area contributed by atoms with E-state index in [4.69, 9.17) is 5.84 Å². The van der Waals surface area contributed by atoms with E-state index in [9.17, 15) is 4.39 Å². The molecule has 5 nitrogen and oxygen atoms in total. The number of nitrogens with two attached hydrogens (primary N) is 1. The van der Waals surface area contributed by atoms with E-state index < -0.39 is 0 Å². The molecule has 0 aliphatic rings. The zero-order valence-corrected chi connectivity index (χ0v) is 10.2. The van der Waals surface area contributed by atoms with Crippen LogP contribution in [0.1, 0.15) is 25.3 Å². The van der Waals surface area contributed by atoms with E-state index in [1.54, 1.807) is 24.0 Å². The fraction of sp³-hybridized carbons (Fsp3) is 0.455. The lowest BCUT2D eigenvalue weighted by Crippen LogP contribution is -2.21. The molecule has 0 saturated heterocycles. The molecule has 0 aliphatic heterocycles. The van der Waals surface area contributed by atoms with Crippen molar-refractivity contribution in [1.82, 2.24) is 15.2 Å². The predicted molar refractivity (Wildman–Crippen MR) is 65.8 cm³/mol. The number of aliphatic imine (C=N–C) groups is 1. The second-order valence-electron chi connectivity index (χ2n) is 3.62. The molecule has 0 atom stereocenters. The van der Waals surface area contributed by atoms with Gasteiger partial charge < -0.3 is 5.43 Å². The lowest BCUT2D eigenvalue weighted by atomic mass is 10.2. The average Bonchev–Trinajstić information content (AvgIpc) is 2.74. The Balaban J connectivity index is 2.45. The van der Waals surface area contributed by atoms with Gasteiger partial charge in [0.1, 0.15) is 5.83 Å². The maximum Gasteiger partial charge on any atom is 0.171 e. The third-order valence-corrected chi connectivity index (χ3v) is 2.24. The molecule has 0 saturated carbocycles. The van der Waals surface area contributed by atoms with Gasteiger partial charge in [-0.2, -0.15) is 5.10 Å². The number of hydrogen-bond donors (Lipinski definition) is 2. The lowest BCUT2D eigenvalue weighted by molar-refractivity contribution is 0.573. The Hall–Kier alpha value is -1.69. The standard InChI is InChI=1S/C11H18FN5/c1-3-10(12)11(16-13)14-6-4-5-9-7-15-17(2)8-9/h6-8,16H,3-5,13H2,1-2H3/b11-10-,14-6?.